The minimum Gasteiger partial charge on any atom is -0.347 e. The molecule has 41 heavy (non-hydrogen) atoms. The molecule has 0 spiro atoms. The van der Waals surface area contributed by atoms with Gasteiger partial charge in [0.1, 0.15) is 36.9 Å². The largest absolute Gasteiger partial charge is 0.347 e. The van der Waals surface area contributed by atoms with Crippen LogP contribution in [0.4, 0.5) is 0 Å². The van der Waals surface area contributed by atoms with E-state index in [0.717, 1.165) is 0 Å². The molecule has 1 amide bonds. The van der Waals surface area contributed by atoms with Crippen LogP contribution in [0, 0.1) is 0 Å². The summed E-state index contributed by atoms with van der Waals surface area (Å²) >= 11 is 0. The fraction of sp³-hybridized carbons (Fsp3) is 0.391. The number of carbonyl (C=O) groups is 1. The van der Waals surface area contributed by atoms with Crippen molar-refractivity contribution in [3.05, 3.63) is 35.5 Å². The minimum atomic E-state index is -2.48. The van der Waals surface area contributed by atoms with Crippen LogP contribution in [-0.4, -0.2) is 134 Å². The van der Waals surface area contributed by atoms with Crippen molar-refractivity contribution in [3.63, 3.8) is 0 Å². The summed E-state index contributed by atoms with van der Waals surface area (Å²) in [5.41, 5.74) is -0.765. The predicted molar refractivity (Wildman–Crippen MR) is 177 cm³/mol. The van der Waals surface area contributed by atoms with Gasteiger partial charge in [-0.2, -0.15) is 5.10 Å². The summed E-state index contributed by atoms with van der Waals surface area (Å²) in [6.45, 7) is 5.58. The highest BCUT2D eigenvalue weighted by Gasteiger charge is 2.63. The fourth-order valence-electron chi connectivity index (χ4n) is 5.21. The highest BCUT2D eigenvalue weighted by atomic mass is 16.1. The van der Waals surface area contributed by atoms with Gasteiger partial charge in [0.05, 0.1) is 76.2 Å². The zero-order valence-electron chi connectivity index (χ0n) is 23.1. The third kappa shape index (κ3) is 4.52. The fourth-order valence-corrected chi connectivity index (χ4v) is 5.21. The molecule has 172 valence electrons. The summed E-state index contributed by atoms with van der Waals surface area (Å²) in [5.74, 6) is -0.328. The van der Waals surface area contributed by atoms with Crippen molar-refractivity contribution in [2.45, 2.75) is 52.7 Å². The number of fused-ring (bicyclic) bond motifs is 1. The Morgan fingerprint density at radius 3 is 1.88 bits per heavy atom. The lowest BCUT2D eigenvalue weighted by molar-refractivity contribution is 0.0921. The number of carbonyl (C=O) groups excluding carboxylic acids is 1. The van der Waals surface area contributed by atoms with Crippen molar-refractivity contribution in [1.29, 1.82) is 0 Å². The molecule has 1 saturated heterocycles. The Labute approximate surface area is 259 Å². The second kappa shape index (κ2) is 9.59. The molecule has 0 saturated carbocycles. The molecule has 26 radical (unpaired) electrons. The van der Waals surface area contributed by atoms with Crippen LogP contribution < -0.4 is 32.5 Å². The molecule has 1 atom stereocenters. The summed E-state index contributed by atoms with van der Waals surface area (Å²) in [7, 11) is 82.9. The molecule has 1 aromatic heterocycles. The lowest BCUT2D eigenvalue weighted by Crippen LogP contribution is -2.84. The van der Waals surface area contributed by atoms with Crippen molar-refractivity contribution in [2.24, 2.45) is 0 Å². The number of piperidine rings is 1. The second-order valence-corrected chi connectivity index (χ2v) is 11.8. The monoisotopic (exact) mass is 506 g/mol. The predicted octanol–water partition coefficient (Wildman–Crippen LogP) is -5.42. The van der Waals surface area contributed by atoms with Gasteiger partial charge in [-0.3, -0.25) is 4.79 Å². The van der Waals surface area contributed by atoms with E-state index >= 15 is 0 Å². The van der Waals surface area contributed by atoms with Gasteiger partial charge in [0, 0.05) is 22.8 Å². The summed E-state index contributed by atoms with van der Waals surface area (Å²) in [4.78, 5) is 13.0. The molecule has 1 aliphatic heterocycles. The first-order valence-electron chi connectivity index (χ1n) is 12.4. The molecule has 3 aromatic rings. The quantitative estimate of drug-likeness (QED) is 0.351. The van der Waals surface area contributed by atoms with Gasteiger partial charge in [-0.25, -0.2) is 4.68 Å². The van der Waals surface area contributed by atoms with Crippen LogP contribution in [-0.2, 0) is 5.31 Å². The number of nitrogens with one attached hydrogen (secondary N) is 2. The van der Waals surface area contributed by atoms with Gasteiger partial charge >= 0.3 is 0 Å². The molecule has 4 rings (SSSR count). The first-order valence-corrected chi connectivity index (χ1v) is 12.4. The Morgan fingerprint density at radius 1 is 0.829 bits per heavy atom. The number of benzene rings is 2. The zero-order chi connectivity index (χ0) is 31.3. The van der Waals surface area contributed by atoms with Crippen LogP contribution in [0.3, 0.4) is 0 Å². The van der Waals surface area contributed by atoms with E-state index in [4.69, 9.17) is 102 Å². The van der Waals surface area contributed by atoms with Gasteiger partial charge in [-0.15, -0.1) is 10.4 Å². The first kappa shape index (κ1) is 32.1. The van der Waals surface area contributed by atoms with E-state index in [9.17, 15) is 4.79 Å². The maximum atomic E-state index is 13.0. The van der Waals surface area contributed by atoms with Gasteiger partial charge in [-0.05, 0) is 26.8 Å². The van der Waals surface area contributed by atoms with E-state index in [2.05, 4.69) is 15.7 Å². The molecule has 0 aliphatic carbocycles. The second-order valence-electron chi connectivity index (χ2n) is 11.8. The molecule has 0 bridgehead atoms. The van der Waals surface area contributed by atoms with E-state index in [1.165, 1.54) is 4.68 Å². The van der Waals surface area contributed by atoms with Crippen LogP contribution in [0.2, 0.25) is 10.4 Å². The van der Waals surface area contributed by atoms with Crippen LogP contribution in [0.15, 0.2) is 24.4 Å². The van der Waals surface area contributed by atoms with Crippen LogP contribution in [0.25, 0.3) is 16.6 Å². The number of hydrogen-bond donors (Lipinski definition) is 2. The van der Waals surface area contributed by atoms with Crippen molar-refractivity contribution in [3.8, 4) is 5.69 Å². The Balaban J connectivity index is 1.97. The molecule has 2 heterocycles. The van der Waals surface area contributed by atoms with Crippen molar-refractivity contribution in [1.82, 2.24) is 20.4 Å². The van der Waals surface area contributed by atoms with Crippen LogP contribution in [0.5, 0.6) is 0 Å². The average Bonchev–Trinajstić information content (AvgIpc) is 3.23. The van der Waals surface area contributed by atoms with Crippen molar-refractivity contribution in [2.75, 3.05) is 0 Å². The highest BCUT2D eigenvalue weighted by molar-refractivity contribution is 6.67. The van der Waals surface area contributed by atoms with Crippen LogP contribution >= 0.6 is 0 Å². The lowest BCUT2D eigenvalue weighted by Gasteiger charge is -2.75. The summed E-state index contributed by atoms with van der Waals surface area (Å²) in [6, 6.07) is 5.10. The lowest BCUT2D eigenvalue weighted by atomic mass is 9.08. The van der Waals surface area contributed by atoms with Crippen LogP contribution in [0.1, 0.15) is 36.7 Å². The summed E-state index contributed by atoms with van der Waals surface area (Å²) < 4.78 is 1.33. The van der Waals surface area contributed by atoms with Crippen molar-refractivity contribution < 1.29 is 4.79 Å². The maximum Gasteiger partial charge on any atom is 0.253 e. The van der Waals surface area contributed by atoms with Gasteiger partial charge < -0.3 is 10.6 Å². The molecular weight excluding hydrogens is 489 g/mol. The molecule has 1 fully saturated rings. The van der Waals surface area contributed by atoms with Gasteiger partial charge in [0.15, 0.2) is 0 Å². The van der Waals surface area contributed by atoms with E-state index in [1.807, 2.05) is 20.8 Å². The maximum absolute atomic E-state index is 13.0. The average molecular weight is 504 g/mol. The third-order valence-electron chi connectivity index (χ3n) is 7.61. The summed E-state index contributed by atoms with van der Waals surface area (Å²) in [6.07, 6.45) is 1.60. The Bertz CT molecular complexity index is 1550. The summed E-state index contributed by atoms with van der Waals surface area (Å²) in [5, 5.41) is -1.19. The standard InChI is InChI=1S/C23H15B13N4O/c1-18(2,3)37-17(41)9-6-4-5-8-7-40(38-15(8)9)16-13(26)11(24)10(12(25)14(16)27)19(28)20(29,30)21(31,32)23(35,36)39-22(19,33)34/h4-7,39H,1-3H3,(H,37,41). The number of amides is 1. The molecule has 1 unspecified atom stereocenters. The molecule has 1 aliphatic rings. The number of hydrogen-bond acceptors (Lipinski definition) is 3. The van der Waals surface area contributed by atoms with Gasteiger partial charge in [0.25, 0.3) is 5.91 Å². The normalized spacial score (nSPS) is 22.7. The molecule has 18 heteroatoms. The first-order chi connectivity index (χ1) is 18.4. The van der Waals surface area contributed by atoms with Gasteiger partial charge in [0.2, 0.25) is 0 Å². The SMILES string of the molecule is [B]c1c([B])c(C2([B])C([B])([B])NC([B])([B])C([B])([B])C2([B])[B])c([B])c([B])c1-n1cc2cccc(C(=O)NC(C)(C)C)c2n1. The number of nitrogens with zero attached hydrogens (tertiary/aromatic N) is 2. The molecule has 2 N–H and O–H groups in total. The molecule has 5 nitrogen and oxygen atoms in total. The van der Waals surface area contributed by atoms with Gasteiger partial charge in [-0.1, -0.05) is 55.5 Å². The number of rotatable bonds is 3. The Kier molecular flexibility index (Phi) is 7.51. The number of aromatic nitrogens is 2. The molecule has 2 aromatic carbocycles. The smallest absolute Gasteiger partial charge is 0.253 e. The van der Waals surface area contributed by atoms with Crippen molar-refractivity contribution >= 4 is 141 Å². The minimum absolute atomic E-state index is 0.0764. The zero-order valence-corrected chi connectivity index (χ0v) is 23.1. The van der Waals surface area contributed by atoms with E-state index in [0.29, 0.717) is 16.5 Å². The van der Waals surface area contributed by atoms with E-state index in [-0.39, 0.29) is 39.0 Å². The Hall–Kier alpha value is -1.82. The third-order valence-corrected chi connectivity index (χ3v) is 7.61. The Morgan fingerprint density at radius 2 is 1.37 bits per heavy atom. The molecular formula is C23H15B13N4O. The van der Waals surface area contributed by atoms with E-state index < -0.39 is 32.0 Å². The highest BCUT2D eigenvalue weighted by Crippen LogP contribution is 2.63. The van der Waals surface area contributed by atoms with E-state index in [1.54, 1.807) is 24.4 Å². The topological polar surface area (TPSA) is 59.0 Å².